The second-order valence-electron chi connectivity index (χ2n) is 6.34. The Bertz CT molecular complexity index is 282. The molecule has 0 saturated heterocycles. The van der Waals surface area contributed by atoms with Crippen LogP contribution in [0.2, 0.25) is 0 Å². The van der Waals surface area contributed by atoms with E-state index >= 15 is 0 Å². The molecule has 1 nitrogen and oxygen atoms in total. The van der Waals surface area contributed by atoms with Crippen molar-refractivity contribution in [1.82, 2.24) is 0 Å². The second-order valence-corrected chi connectivity index (χ2v) is 6.34. The summed E-state index contributed by atoms with van der Waals surface area (Å²) < 4.78 is 33.8. The van der Waals surface area contributed by atoms with Crippen molar-refractivity contribution < 1.29 is 13.5 Å². The van der Waals surface area contributed by atoms with E-state index in [0.717, 1.165) is 31.6 Å². The molecule has 20 heavy (non-hydrogen) atoms. The monoisotopic (exact) mass is 288 g/mol. The molecule has 0 aromatic heterocycles. The van der Waals surface area contributed by atoms with Crippen molar-refractivity contribution in [2.45, 2.75) is 77.7 Å². The molecule has 0 aliphatic heterocycles. The highest BCUT2D eigenvalue weighted by Gasteiger charge is 2.37. The van der Waals surface area contributed by atoms with Gasteiger partial charge in [0.1, 0.15) is 12.3 Å². The molecular formula is C17H30F2O. The van der Waals surface area contributed by atoms with Crippen LogP contribution >= 0.6 is 0 Å². The van der Waals surface area contributed by atoms with E-state index < -0.39 is 18.4 Å². The minimum Gasteiger partial charge on any atom is -0.496 e. The first kappa shape index (κ1) is 17.5. The van der Waals surface area contributed by atoms with Crippen molar-refractivity contribution in [3.8, 4) is 0 Å². The van der Waals surface area contributed by atoms with E-state index in [1.54, 1.807) is 6.92 Å². The summed E-state index contributed by atoms with van der Waals surface area (Å²) in [7, 11) is 0. The van der Waals surface area contributed by atoms with E-state index in [9.17, 15) is 8.78 Å². The van der Waals surface area contributed by atoms with Crippen LogP contribution in [0.15, 0.2) is 12.8 Å². The van der Waals surface area contributed by atoms with Crippen molar-refractivity contribution in [3.05, 3.63) is 12.8 Å². The lowest BCUT2D eigenvalue weighted by atomic mass is 9.79. The van der Waals surface area contributed by atoms with E-state index in [2.05, 4.69) is 13.5 Å². The molecule has 1 rings (SSSR count). The smallest absolute Gasteiger partial charge is 0.168 e. The highest BCUT2D eigenvalue weighted by Crippen LogP contribution is 2.37. The highest BCUT2D eigenvalue weighted by atomic mass is 19.2. The lowest BCUT2D eigenvalue weighted by Gasteiger charge is -2.31. The molecular weight excluding hydrogens is 258 g/mol. The Morgan fingerprint density at radius 2 is 1.90 bits per heavy atom. The Hall–Kier alpha value is -0.600. The molecule has 0 N–H and O–H groups in total. The standard InChI is InChI=1S/C17H30F2O/c1-5-15(14-9-7-8-12(3)10-11-14)17(19)16(18)13(4)20-6-2/h6,12-17H,2,5,7-11H2,1,3-4H3. The fraction of sp³-hybridized carbons (Fsp3) is 0.882. The number of hydrogen-bond donors (Lipinski definition) is 0. The maximum absolute atomic E-state index is 14.6. The van der Waals surface area contributed by atoms with Crippen LogP contribution in [0.5, 0.6) is 0 Å². The average Bonchev–Trinajstić information content (AvgIpc) is 2.64. The Balaban J connectivity index is 2.65. The minimum absolute atomic E-state index is 0.189. The van der Waals surface area contributed by atoms with Gasteiger partial charge in [0.05, 0.1) is 6.26 Å². The number of hydrogen-bond acceptors (Lipinski definition) is 1. The van der Waals surface area contributed by atoms with Crippen LogP contribution in [0.1, 0.15) is 59.3 Å². The fourth-order valence-corrected chi connectivity index (χ4v) is 3.48. The van der Waals surface area contributed by atoms with Gasteiger partial charge < -0.3 is 4.74 Å². The van der Waals surface area contributed by atoms with Crippen molar-refractivity contribution in [2.75, 3.05) is 0 Å². The molecule has 0 amide bonds. The predicted octanol–water partition coefficient (Wildman–Crippen LogP) is 5.45. The zero-order chi connectivity index (χ0) is 15.1. The van der Waals surface area contributed by atoms with Crippen LogP contribution < -0.4 is 0 Å². The molecule has 0 aromatic carbocycles. The number of halogens is 2. The van der Waals surface area contributed by atoms with Gasteiger partial charge in [0.25, 0.3) is 0 Å². The summed E-state index contributed by atoms with van der Waals surface area (Å²) >= 11 is 0. The van der Waals surface area contributed by atoms with Gasteiger partial charge in [-0.25, -0.2) is 8.78 Å². The second kappa shape index (κ2) is 8.63. The molecule has 0 aromatic rings. The SMILES string of the molecule is C=COC(C)C(F)C(F)C(CC)C1CCCC(C)CC1. The van der Waals surface area contributed by atoms with E-state index in [4.69, 9.17) is 4.74 Å². The summed E-state index contributed by atoms with van der Waals surface area (Å²) in [5.41, 5.74) is 0. The van der Waals surface area contributed by atoms with Gasteiger partial charge in [-0.05, 0) is 31.1 Å². The summed E-state index contributed by atoms with van der Waals surface area (Å²) in [4.78, 5) is 0. The van der Waals surface area contributed by atoms with Gasteiger partial charge in [-0.2, -0.15) is 0 Å². The van der Waals surface area contributed by atoms with E-state index in [-0.39, 0.29) is 5.92 Å². The third-order valence-corrected chi connectivity index (χ3v) is 4.85. The summed E-state index contributed by atoms with van der Waals surface area (Å²) in [6.07, 6.45) is 3.69. The Morgan fingerprint density at radius 3 is 2.50 bits per heavy atom. The molecule has 1 aliphatic carbocycles. The van der Waals surface area contributed by atoms with Crippen LogP contribution in [-0.4, -0.2) is 18.4 Å². The molecule has 0 spiro atoms. The van der Waals surface area contributed by atoms with Gasteiger partial charge in [0, 0.05) is 0 Å². The number of ether oxygens (including phenoxy) is 1. The first-order valence-corrected chi connectivity index (χ1v) is 8.05. The van der Waals surface area contributed by atoms with Gasteiger partial charge >= 0.3 is 0 Å². The first-order valence-electron chi connectivity index (χ1n) is 8.05. The van der Waals surface area contributed by atoms with Crippen LogP contribution in [0, 0.1) is 17.8 Å². The maximum Gasteiger partial charge on any atom is 0.168 e. The van der Waals surface area contributed by atoms with Crippen molar-refractivity contribution in [3.63, 3.8) is 0 Å². The Kier molecular flexibility index (Phi) is 7.53. The Morgan fingerprint density at radius 1 is 1.20 bits per heavy atom. The van der Waals surface area contributed by atoms with Gasteiger partial charge in [-0.3, -0.25) is 0 Å². The van der Waals surface area contributed by atoms with Gasteiger partial charge in [0.15, 0.2) is 6.17 Å². The zero-order valence-corrected chi connectivity index (χ0v) is 13.2. The van der Waals surface area contributed by atoms with E-state index in [0.29, 0.717) is 12.3 Å². The lowest BCUT2D eigenvalue weighted by Crippen LogP contribution is -2.38. The number of rotatable bonds is 7. The molecule has 0 radical (unpaired) electrons. The largest absolute Gasteiger partial charge is 0.496 e. The maximum atomic E-state index is 14.6. The van der Waals surface area contributed by atoms with Crippen molar-refractivity contribution in [2.24, 2.45) is 17.8 Å². The zero-order valence-electron chi connectivity index (χ0n) is 13.2. The number of alkyl halides is 2. The summed E-state index contributed by atoms with van der Waals surface area (Å²) in [6.45, 7) is 9.20. The molecule has 1 fully saturated rings. The molecule has 1 aliphatic rings. The summed E-state index contributed by atoms with van der Waals surface area (Å²) in [5, 5.41) is 0. The third kappa shape index (κ3) is 4.75. The van der Waals surface area contributed by atoms with E-state index in [1.807, 2.05) is 6.92 Å². The molecule has 1 saturated carbocycles. The molecule has 0 bridgehead atoms. The first-order chi connectivity index (χ1) is 9.51. The van der Waals surface area contributed by atoms with Crippen molar-refractivity contribution in [1.29, 1.82) is 0 Å². The van der Waals surface area contributed by atoms with Gasteiger partial charge in [-0.1, -0.05) is 52.5 Å². The predicted molar refractivity (Wildman–Crippen MR) is 80.1 cm³/mol. The highest BCUT2D eigenvalue weighted by molar-refractivity contribution is 4.86. The fourth-order valence-electron chi connectivity index (χ4n) is 3.48. The topological polar surface area (TPSA) is 9.23 Å². The summed E-state index contributed by atoms with van der Waals surface area (Å²) in [5.74, 6) is 0.847. The quantitative estimate of drug-likeness (QED) is 0.447. The van der Waals surface area contributed by atoms with Crippen LogP contribution in [0.4, 0.5) is 8.78 Å². The average molecular weight is 288 g/mol. The molecule has 0 heterocycles. The van der Waals surface area contributed by atoms with E-state index in [1.165, 1.54) is 12.7 Å². The van der Waals surface area contributed by atoms with Crippen LogP contribution in [-0.2, 0) is 4.74 Å². The molecule has 6 unspecified atom stereocenters. The minimum atomic E-state index is -1.57. The Labute approximate surface area is 122 Å². The molecule has 3 heteroatoms. The molecule has 6 atom stereocenters. The van der Waals surface area contributed by atoms with Crippen LogP contribution in [0.25, 0.3) is 0 Å². The normalized spacial score (nSPS) is 29.9. The summed E-state index contributed by atoms with van der Waals surface area (Å²) in [6, 6.07) is 0. The van der Waals surface area contributed by atoms with Gasteiger partial charge in [0.2, 0.25) is 0 Å². The van der Waals surface area contributed by atoms with Crippen LogP contribution in [0.3, 0.4) is 0 Å². The molecule has 118 valence electrons. The third-order valence-electron chi connectivity index (χ3n) is 4.85. The van der Waals surface area contributed by atoms with Gasteiger partial charge in [-0.15, -0.1) is 0 Å². The van der Waals surface area contributed by atoms with Crippen molar-refractivity contribution >= 4 is 0 Å². The lowest BCUT2D eigenvalue weighted by molar-refractivity contribution is -0.00925.